The minimum atomic E-state index is 0. The highest BCUT2D eigenvalue weighted by Crippen LogP contribution is 2.34. The molecule has 8 heteroatoms. The quantitative estimate of drug-likeness (QED) is 0.336. The molecule has 1 aromatic heterocycles. The average molecular weight is 499 g/mol. The molecule has 28 heavy (non-hydrogen) atoms. The first kappa shape index (κ1) is 21.5. The summed E-state index contributed by atoms with van der Waals surface area (Å²) in [6.45, 7) is 10.1. The summed E-state index contributed by atoms with van der Waals surface area (Å²) in [7, 11) is 0. The van der Waals surface area contributed by atoms with Crippen LogP contribution in [0.1, 0.15) is 32.6 Å². The average Bonchev–Trinajstić information content (AvgIpc) is 3.62. The van der Waals surface area contributed by atoms with Crippen molar-refractivity contribution in [2.45, 2.75) is 38.6 Å². The number of halogens is 1. The number of rotatable bonds is 8. The van der Waals surface area contributed by atoms with Gasteiger partial charge in [0.25, 0.3) is 0 Å². The van der Waals surface area contributed by atoms with E-state index in [9.17, 15) is 0 Å². The fourth-order valence-electron chi connectivity index (χ4n) is 3.78. The Labute approximate surface area is 186 Å². The standard InChI is InChI=1S/C20H33N7.HI/c1-2-21-19(24-10-11-27(18-6-7-18)16-17-4-5-17)25-12-14-26(15-13-25)20-22-8-3-9-23-20;/h3,8-9,17-18H,2,4-7,10-16H2,1H3,(H,21,24);1H. The van der Waals surface area contributed by atoms with Gasteiger partial charge in [-0.25, -0.2) is 9.97 Å². The van der Waals surface area contributed by atoms with Crippen molar-refractivity contribution in [1.82, 2.24) is 25.1 Å². The zero-order valence-corrected chi connectivity index (χ0v) is 19.3. The number of guanidine groups is 1. The Morgan fingerprint density at radius 1 is 1.14 bits per heavy atom. The van der Waals surface area contributed by atoms with Gasteiger partial charge in [-0.3, -0.25) is 9.89 Å². The molecular formula is C20H34IN7. The molecule has 7 nitrogen and oxygen atoms in total. The van der Waals surface area contributed by atoms with E-state index in [4.69, 9.17) is 4.99 Å². The molecule has 2 aliphatic carbocycles. The first-order valence-corrected chi connectivity index (χ1v) is 10.6. The monoisotopic (exact) mass is 499 g/mol. The van der Waals surface area contributed by atoms with E-state index in [-0.39, 0.29) is 24.0 Å². The maximum absolute atomic E-state index is 4.95. The summed E-state index contributed by atoms with van der Waals surface area (Å²) in [6, 6.07) is 2.71. The van der Waals surface area contributed by atoms with Crippen LogP contribution < -0.4 is 10.2 Å². The van der Waals surface area contributed by atoms with Crippen molar-refractivity contribution in [3.63, 3.8) is 0 Å². The second-order valence-electron chi connectivity index (χ2n) is 7.93. The van der Waals surface area contributed by atoms with Gasteiger partial charge in [0.15, 0.2) is 5.96 Å². The van der Waals surface area contributed by atoms with E-state index < -0.39 is 0 Å². The van der Waals surface area contributed by atoms with Crippen molar-refractivity contribution in [2.24, 2.45) is 10.9 Å². The van der Waals surface area contributed by atoms with Gasteiger partial charge in [0.1, 0.15) is 0 Å². The summed E-state index contributed by atoms with van der Waals surface area (Å²) in [5.41, 5.74) is 0. The van der Waals surface area contributed by atoms with Crippen LogP contribution in [-0.2, 0) is 0 Å². The van der Waals surface area contributed by atoms with Crippen LogP contribution in [0.15, 0.2) is 23.5 Å². The van der Waals surface area contributed by atoms with Crippen molar-refractivity contribution in [3.05, 3.63) is 18.5 Å². The number of nitrogens with one attached hydrogen (secondary N) is 1. The third kappa shape index (κ3) is 6.17. The number of aliphatic imine (C=N–C) groups is 1. The molecule has 3 aliphatic rings. The van der Waals surface area contributed by atoms with Gasteiger partial charge in [0, 0.05) is 64.2 Å². The molecule has 2 heterocycles. The SMILES string of the molecule is CCNC(=NCCN(CC1CC1)C1CC1)N1CCN(c2ncccn2)CC1.I. The molecule has 0 radical (unpaired) electrons. The van der Waals surface area contributed by atoms with E-state index in [1.54, 1.807) is 0 Å². The number of hydrogen-bond donors (Lipinski definition) is 1. The zero-order valence-electron chi connectivity index (χ0n) is 17.0. The molecule has 156 valence electrons. The van der Waals surface area contributed by atoms with Gasteiger partial charge in [-0.2, -0.15) is 0 Å². The van der Waals surface area contributed by atoms with E-state index in [0.717, 1.165) is 69.7 Å². The molecule has 1 aliphatic heterocycles. The molecule has 0 aromatic carbocycles. The summed E-state index contributed by atoms with van der Waals surface area (Å²) in [5, 5.41) is 3.49. The minimum Gasteiger partial charge on any atom is -0.357 e. The molecule has 4 rings (SSSR count). The van der Waals surface area contributed by atoms with Crippen LogP contribution in [0.25, 0.3) is 0 Å². The number of aromatic nitrogens is 2. The van der Waals surface area contributed by atoms with Crippen molar-refractivity contribution in [2.75, 3.05) is 57.3 Å². The molecule has 1 N–H and O–H groups in total. The Hall–Kier alpha value is -1.16. The van der Waals surface area contributed by atoms with Crippen molar-refractivity contribution in [1.29, 1.82) is 0 Å². The Morgan fingerprint density at radius 3 is 2.46 bits per heavy atom. The lowest BCUT2D eigenvalue weighted by atomic mass is 10.3. The van der Waals surface area contributed by atoms with Crippen LogP contribution in [0.2, 0.25) is 0 Å². The van der Waals surface area contributed by atoms with Crippen LogP contribution in [-0.4, -0.2) is 84.1 Å². The largest absolute Gasteiger partial charge is 0.357 e. The summed E-state index contributed by atoms with van der Waals surface area (Å²) in [5.74, 6) is 2.86. The Morgan fingerprint density at radius 2 is 1.86 bits per heavy atom. The second-order valence-corrected chi connectivity index (χ2v) is 7.93. The molecule has 1 saturated heterocycles. The predicted octanol–water partition coefficient (Wildman–Crippen LogP) is 2.06. The van der Waals surface area contributed by atoms with Crippen molar-refractivity contribution in [3.8, 4) is 0 Å². The summed E-state index contributed by atoms with van der Waals surface area (Å²) in [4.78, 5) is 21.0. The molecule has 0 atom stereocenters. The van der Waals surface area contributed by atoms with Crippen molar-refractivity contribution < 1.29 is 0 Å². The van der Waals surface area contributed by atoms with Crippen LogP contribution in [0.4, 0.5) is 5.95 Å². The maximum atomic E-state index is 4.95. The molecule has 0 bridgehead atoms. The lowest BCUT2D eigenvalue weighted by molar-refractivity contribution is 0.259. The highest BCUT2D eigenvalue weighted by Gasteiger charge is 2.33. The second kappa shape index (κ2) is 10.6. The molecular weight excluding hydrogens is 465 g/mol. The Kier molecular flexibility index (Phi) is 8.13. The maximum Gasteiger partial charge on any atom is 0.225 e. The van der Waals surface area contributed by atoms with Gasteiger partial charge in [0.05, 0.1) is 6.54 Å². The molecule has 0 amide bonds. The fraction of sp³-hybridized carbons (Fsp3) is 0.750. The molecule has 0 unspecified atom stereocenters. The number of nitrogens with zero attached hydrogens (tertiary/aromatic N) is 6. The van der Waals surface area contributed by atoms with Gasteiger partial charge in [0.2, 0.25) is 5.95 Å². The first-order chi connectivity index (χ1) is 13.3. The summed E-state index contributed by atoms with van der Waals surface area (Å²) in [6.07, 6.45) is 9.27. The van der Waals surface area contributed by atoms with Gasteiger partial charge in [-0.15, -0.1) is 24.0 Å². The van der Waals surface area contributed by atoms with Crippen LogP contribution in [0, 0.1) is 5.92 Å². The number of anilines is 1. The predicted molar refractivity (Wildman–Crippen MR) is 125 cm³/mol. The third-order valence-electron chi connectivity index (χ3n) is 5.65. The van der Waals surface area contributed by atoms with E-state index in [0.29, 0.717) is 0 Å². The number of piperazine rings is 1. The van der Waals surface area contributed by atoms with E-state index in [2.05, 4.69) is 36.9 Å². The first-order valence-electron chi connectivity index (χ1n) is 10.6. The fourth-order valence-corrected chi connectivity index (χ4v) is 3.78. The zero-order chi connectivity index (χ0) is 18.5. The normalized spacial score (nSPS) is 20.3. The molecule has 2 saturated carbocycles. The van der Waals surface area contributed by atoms with Gasteiger partial charge in [-0.05, 0) is 44.6 Å². The smallest absolute Gasteiger partial charge is 0.225 e. The third-order valence-corrected chi connectivity index (χ3v) is 5.65. The Balaban J connectivity index is 0.00000225. The van der Waals surface area contributed by atoms with Crippen LogP contribution in [0.5, 0.6) is 0 Å². The highest BCUT2D eigenvalue weighted by molar-refractivity contribution is 14.0. The van der Waals surface area contributed by atoms with Crippen molar-refractivity contribution >= 4 is 35.9 Å². The van der Waals surface area contributed by atoms with E-state index >= 15 is 0 Å². The molecule has 1 aromatic rings. The number of hydrogen-bond acceptors (Lipinski definition) is 5. The molecule has 3 fully saturated rings. The van der Waals surface area contributed by atoms with Gasteiger partial charge >= 0.3 is 0 Å². The highest BCUT2D eigenvalue weighted by atomic mass is 127. The lowest BCUT2D eigenvalue weighted by Crippen LogP contribution is -2.53. The van der Waals surface area contributed by atoms with Crippen LogP contribution in [0.3, 0.4) is 0 Å². The topological polar surface area (TPSA) is 59.9 Å². The lowest BCUT2D eigenvalue weighted by Gasteiger charge is -2.36. The van der Waals surface area contributed by atoms with E-state index in [1.165, 1.54) is 32.2 Å². The minimum absolute atomic E-state index is 0. The van der Waals surface area contributed by atoms with Gasteiger partial charge < -0.3 is 15.1 Å². The van der Waals surface area contributed by atoms with Crippen LogP contribution >= 0.6 is 24.0 Å². The summed E-state index contributed by atoms with van der Waals surface area (Å²) < 4.78 is 0. The summed E-state index contributed by atoms with van der Waals surface area (Å²) >= 11 is 0. The van der Waals surface area contributed by atoms with Gasteiger partial charge in [-0.1, -0.05) is 0 Å². The Bertz CT molecular complexity index is 610. The van der Waals surface area contributed by atoms with E-state index in [1.807, 2.05) is 18.5 Å². The molecule has 0 spiro atoms.